The third kappa shape index (κ3) is 9.83. The molecule has 0 radical (unpaired) electrons. The fraction of sp³-hybridized carbons (Fsp3) is 0.520. The van der Waals surface area contributed by atoms with Crippen molar-refractivity contribution >= 4 is 19.7 Å². The fourth-order valence-electron chi connectivity index (χ4n) is 9.87. The molecule has 0 fully saturated rings. The topological polar surface area (TPSA) is 127 Å². The van der Waals surface area contributed by atoms with E-state index in [1.165, 1.54) is 0 Å². The largest absolute Gasteiger partial charge is 0.494 e. The van der Waals surface area contributed by atoms with E-state index in [1.54, 1.807) is 24.3 Å². The van der Waals surface area contributed by atoms with Crippen LogP contribution in [-0.2, 0) is 19.7 Å². The quantitative estimate of drug-likeness (QED) is 0.0893. The first-order valence-corrected chi connectivity index (χ1v) is 25.6. The zero-order valence-electron chi connectivity index (χ0n) is 36.0. The summed E-state index contributed by atoms with van der Waals surface area (Å²) in [6.07, 6.45) is 7.56. The average Bonchev–Trinajstić information content (AvgIpc) is 3.37. The highest BCUT2D eigenvalue weighted by molar-refractivity contribution is 7.91. The zero-order valence-corrected chi connectivity index (χ0v) is 37.7. The molecule has 0 saturated heterocycles. The van der Waals surface area contributed by atoms with E-state index < -0.39 is 54.5 Å². The Morgan fingerprint density at radius 1 is 0.533 bits per heavy atom. The molecule has 4 aromatic rings. The van der Waals surface area contributed by atoms with Crippen molar-refractivity contribution < 1.29 is 36.5 Å². The summed E-state index contributed by atoms with van der Waals surface area (Å²) in [5.74, 6) is -0.00194. The summed E-state index contributed by atoms with van der Waals surface area (Å²) < 4.78 is 68.4. The summed E-state index contributed by atoms with van der Waals surface area (Å²) in [6, 6.07) is 30.0. The number of benzene rings is 4. The minimum Gasteiger partial charge on any atom is -0.494 e. The smallest absolute Gasteiger partial charge is 0.179 e. The summed E-state index contributed by atoms with van der Waals surface area (Å²) in [5, 5.41) is 24.3. The van der Waals surface area contributed by atoms with E-state index in [0.29, 0.717) is 61.5 Å². The van der Waals surface area contributed by atoms with Crippen LogP contribution in [0.25, 0.3) is 0 Å². The van der Waals surface area contributed by atoms with Crippen molar-refractivity contribution in [1.82, 2.24) is 0 Å². The van der Waals surface area contributed by atoms with Crippen molar-refractivity contribution in [3.8, 4) is 11.5 Å². The van der Waals surface area contributed by atoms with E-state index in [4.69, 9.17) is 9.47 Å². The van der Waals surface area contributed by atoms with Crippen molar-refractivity contribution in [1.29, 1.82) is 0 Å². The van der Waals surface area contributed by atoms with Gasteiger partial charge in [0.1, 0.15) is 11.5 Å². The second-order valence-corrected chi connectivity index (χ2v) is 21.2. The fourth-order valence-corrected chi connectivity index (χ4v) is 14.4. The summed E-state index contributed by atoms with van der Waals surface area (Å²) >= 11 is 0. The predicted molar refractivity (Wildman–Crippen MR) is 240 cm³/mol. The molecule has 2 aliphatic heterocycles. The second kappa shape index (κ2) is 20.0. The number of unbranched alkanes of at least 4 members (excludes halogenated alkanes) is 5. The molecule has 6 atom stereocenters. The van der Waals surface area contributed by atoms with E-state index in [1.807, 2.05) is 86.6 Å². The lowest BCUT2D eigenvalue weighted by Crippen LogP contribution is -2.42. The number of rotatable bonds is 19. The average molecular weight is 859 g/mol. The Labute approximate surface area is 359 Å². The van der Waals surface area contributed by atoms with E-state index in [-0.39, 0.29) is 21.3 Å². The molecule has 6 rings (SSSR count). The van der Waals surface area contributed by atoms with Gasteiger partial charge in [-0.15, -0.1) is 0 Å². The lowest BCUT2D eigenvalue weighted by atomic mass is 9.69. The molecule has 0 unspecified atom stereocenters. The minimum absolute atomic E-state index is 0.0810. The summed E-state index contributed by atoms with van der Waals surface area (Å²) in [7, 11) is -7.36. The molecule has 8 nitrogen and oxygen atoms in total. The first-order chi connectivity index (χ1) is 28.8. The Morgan fingerprint density at radius 3 is 1.27 bits per heavy atom. The van der Waals surface area contributed by atoms with Crippen molar-refractivity contribution in [2.75, 3.05) is 24.7 Å². The van der Waals surface area contributed by atoms with E-state index >= 15 is 0 Å². The molecule has 0 aliphatic carbocycles. The van der Waals surface area contributed by atoms with Gasteiger partial charge < -0.3 is 19.7 Å². The highest BCUT2D eigenvalue weighted by Gasteiger charge is 2.50. The Kier molecular flexibility index (Phi) is 15.3. The van der Waals surface area contributed by atoms with Gasteiger partial charge in [0.25, 0.3) is 0 Å². The highest BCUT2D eigenvalue weighted by Crippen LogP contribution is 2.51. The number of hydrogen-bond acceptors (Lipinski definition) is 8. The Bertz CT molecular complexity index is 2070. The number of hydrogen-bond donors (Lipinski definition) is 2. The molecule has 2 N–H and O–H groups in total. The molecule has 0 bridgehead atoms. The lowest BCUT2D eigenvalue weighted by molar-refractivity contribution is 0.0173. The Balaban J connectivity index is 1.09. The number of aliphatic hydroxyl groups excluding tert-OH is 2. The Morgan fingerprint density at radius 2 is 0.917 bits per heavy atom. The molecule has 10 heteroatoms. The molecule has 4 aromatic carbocycles. The van der Waals surface area contributed by atoms with Gasteiger partial charge in [-0.05, 0) is 110 Å². The number of ether oxygens (including phenoxy) is 2. The molecule has 326 valence electrons. The molecule has 0 amide bonds. The summed E-state index contributed by atoms with van der Waals surface area (Å²) in [4.78, 5) is 0.553. The van der Waals surface area contributed by atoms with Gasteiger partial charge in [0.2, 0.25) is 0 Å². The van der Waals surface area contributed by atoms with Crippen LogP contribution in [0.4, 0.5) is 0 Å². The van der Waals surface area contributed by atoms with Crippen LogP contribution in [0.1, 0.15) is 139 Å². The van der Waals surface area contributed by atoms with E-state index in [9.17, 15) is 27.0 Å². The van der Waals surface area contributed by atoms with Gasteiger partial charge in [-0.2, -0.15) is 0 Å². The van der Waals surface area contributed by atoms with Crippen LogP contribution in [-0.4, -0.2) is 64.0 Å². The van der Waals surface area contributed by atoms with Gasteiger partial charge >= 0.3 is 0 Å². The van der Waals surface area contributed by atoms with Crippen molar-refractivity contribution in [2.45, 2.75) is 139 Å². The zero-order chi connectivity index (χ0) is 43.0. The van der Waals surface area contributed by atoms with Crippen molar-refractivity contribution in [3.05, 3.63) is 119 Å². The molecular formula is C50H66O8S2. The first-order valence-electron chi connectivity index (χ1n) is 22.3. The van der Waals surface area contributed by atoms with E-state index in [2.05, 4.69) is 13.8 Å². The van der Waals surface area contributed by atoms with Gasteiger partial charge in [0.15, 0.2) is 19.7 Å². The van der Waals surface area contributed by atoms with Crippen LogP contribution in [0.3, 0.4) is 0 Å². The number of aliphatic hydroxyl groups is 2. The van der Waals surface area contributed by atoms with Crippen LogP contribution < -0.4 is 9.47 Å². The normalized spacial score (nSPS) is 25.6. The molecule has 0 aromatic heterocycles. The van der Waals surface area contributed by atoms with E-state index in [0.717, 1.165) is 62.5 Å². The summed E-state index contributed by atoms with van der Waals surface area (Å²) in [6.45, 7) is 9.09. The van der Waals surface area contributed by atoms with Crippen LogP contribution >= 0.6 is 0 Å². The van der Waals surface area contributed by atoms with Crippen LogP contribution in [0, 0.1) is 10.8 Å². The molecule has 0 saturated carbocycles. The van der Waals surface area contributed by atoms with Crippen molar-refractivity contribution in [2.24, 2.45) is 10.8 Å². The molecular weight excluding hydrogens is 793 g/mol. The maximum Gasteiger partial charge on any atom is 0.179 e. The second-order valence-electron chi connectivity index (χ2n) is 17.3. The molecule has 2 heterocycles. The lowest BCUT2D eigenvalue weighted by Gasteiger charge is -2.39. The van der Waals surface area contributed by atoms with Gasteiger partial charge in [-0.1, -0.05) is 114 Å². The van der Waals surface area contributed by atoms with Crippen molar-refractivity contribution in [3.63, 3.8) is 0 Å². The third-order valence-electron chi connectivity index (χ3n) is 13.5. The molecule has 0 spiro atoms. The number of fused-ring (bicyclic) bond motifs is 2. The maximum absolute atomic E-state index is 14.0. The van der Waals surface area contributed by atoms with Crippen LogP contribution in [0.2, 0.25) is 0 Å². The molecule has 2 aliphatic rings. The first kappa shape index (κ1) is 45.8. The van der Waals surface area contributed by atoms with Crippen LogP contribution in [0.5, 0.6) is 11.5 Å². The van der Waals surface area contributed by atoms with Gasteiger partial charge in [-0.25, -0.2) is 16.8 Å². The highest BCUT2D eigenvalue weighted by atomic mass is 32.2. The van der Waals surface area contributed by atoms with Gasteiger partial charge in [-0.3, -0.25) is 0 Å². The monoisotopic (exact) mass is 858 g/mol. The maximum atomic E-state index is 14.0. The SMILES string of the molecule is CCCC[C@@]1(CC)CS(=O)(=O)c2ccc(OCCCCCCOc3ccc4c(c3)[C@H](c3ccccc3)[C@H](O)[C@](CC)(CCCC)CS4(=O)=O)cc2[C@@H](c2ccccc2)[C@H]1O. The third-order valence-corrected chi connectivity index (χ3v) is 17.5. The summed E-state index contributed by atoms with van der Waals surface area (Å²) in [5.41, 5.74) is 1.45. The number of sulfone groups is 2. The predicted octanol–water partition coefficient (Wildman–Crippen LogP) is 10.4. The Hall–Kier alpha value is -3.70. The van der Waals surface area contributed by atoms with Crippen LogP contribution in [0.15, 0.2) is 107 Å². The molecule has 60 heavy (non-hydrogen) atoms. The standard InChI is InChI=1S/C50H66O8S2/c1-5-9-29-49(7-3)35-59(53,54)43-27-25-39(33-41(43)45(47(49)51)37-21-15-13-16-22-37)57-31-19-11-12-20-32-58-40-26-28-44-42(34-40)46(38-23-17-14-18-24-38)48(52)50(8-4,30-10-6-2)36-60(44,55)56/h13-18,21-28,33-34,45-48,51-52H,5-12,19-20,29-32,35-36H2,1-4H3/t45-,46+,47-,48+,49+,50-. The van der Waals surface area contributed by atoms with Gasteiger partial charge in [0, 0.05) is 22.7 Å². The minimum atomic E-state index is -3.68. The van der Waals surface area contributed by atoms with Gasteiger partial charge in [0.05, 0.1) is 46.7 Å².